The van der Waals surface area contributed by atoms with Crippen LogP contribution in [-0.2, 0) is 12.8 Å². The summed E-state index contributed by atoms with van der Waals surface area (Å²) in [6.45, 7) is -0.0491. The molecule has 128 valence electrons. The van der Waals surface area contributed by atoms with E-state index in [4.69, 9.17) is 0 Å². The van der Waals surface area contributed by atoms with E-state index in [1.165, 1.54) is 34.3 Å². The second-order valence-corrected chi connectivity index (χ2v) is 7.16. The van der Waals surface area contributed by atoms with Gasteiger partial charge in [-0.3, -0.25) is 4.79 Å². The molecule has 2 N–H and O–H groups in total. The highest BCUT2D eigenvalue weighted by atomic mass is 32.1. The van der Waals surface area contributed by atoms with E-state index in [0.717, 1.165) is 37.8 Å². The topological polar surface area (TPSA) is 49.3 Å². The van der Waals surface area contributed by atoms with Gasteiger partial charge in [-0.05, 0) is 55.0 Å². The number of amides is 1. The number of benzene rings is 1. The predicted octanol–water partition coefficient (Wildman–Crippen LogP) is 3.76. The Labute approximate surface area is 143 Å². The van der Waals surface area contributed by atoms with E-state index in [0.29, 0.717) is 4.88 Å². The van der Waals surface area contributed by atoms with E-state index >= 15 is 0 Å². The third-order valence-corrected chi connectivity index (χ3v) is 5.49. The van der Waals surface area contributed by atoms with E-state index in [-0.39, 0.29) is 18.0 Å². The van der Waals surface area contributed by atoms with Gasteiger partial charge in [-0.1, -0.05) is 12.5 Å². The molecule has 1 unspecified atom stereocenters. The fourth-order valence-electron chi connectivity index (χ4n) is 2.89. The normalized spacial score (nSPS) is 15.5. The van der Waals surface area contributed by atoms with Crippen molar-refractivity contribution in [2.75, 3.05) is 6.54 Å². The lowest BCUT2D eigenvalue weighted by atomic mass is 10.1. The van der Waals surface area contributed by atoms with E-state index in [9.17, 15) is 18.7 Å². The molecule has 0 fully saturated rings. The maximum atomic E-state index is 13.2. The number of thiophene rings is 1. The first-order valence-corrected chi connectivity index (χ1v) is 8.89. The van der Waals surface area contributed by atoms with Crippen LogP contribution < -0.4 is 5.32 Å². The molecule has 0 bridgehead atoms. The van der Waals surface area contributed by atoms with Crippen LogP contribution >= 0.6 is 11.3 Å². The average Bonchev–Trinajstić information content (AvgIpc) is 2.85. The van der Waals surface area contributed by atoms with E-state index < -0.39 is 17.7 Å². The standard InChI is InChI=1S/C18H19F2NO2S/c19-13-7-6-11(8-14(13)20)15(22)10-21-18(23)17-9-12-4-2-1-3-5-16(12)24-17/h6-9,15,22H,1-5,10H2,(H,21,23). The molecule has 1 amide bonds. The zero-order valence-corrected chi connectivity index (χ0v) is 14.0. The Kier molecular flexibility index (Phi) is 5.26. The lowest BCUT2D eigenvalue weighted by Crippen LogP contribution is -2.27. The Morgan fingerprint density at radius 1 is 1.17 bits per heavy atom. The maximum absolute atomic E-state index is 13.2. The fourth-order valence-corrected chi connectivity index (χ4v) is 4.06. The number of hydrogen-bond acceptors (Lipinski definition) is 3. The number of fused-ring (bicyclic) bond motifs is 1. The number of halogens is 2. The van der Waals surface area contributed by atoms with Crippen molar-refractivity contribution in [2.45, 2.75) is 38.2 Å². The minimum atomic E-state index is -1.08. The number of carbonyl (C=O) groups is 1. The second-order valence-electron chi connectivity index (χ2n) is 6.02. The van der Waals surface area contributed by atoms with E-state index in [1.807, 2.05) is 6.07 Å². The van der Waals surface area contributed by atoms with Gasteiger partial charge in [-0.25, -0.2) is 8.78 Å². The van der Waals surface area contributed by atoms with Crippen molar-refractivity contribution < 1.29 is 18.7 Å². The van der Waals surface area contributed by atoms with Crippen LogP contribution in [0.4, 0.5) is 8.78 Å². The number of aliphatic hydroxyl groups is 1. The second kappa shape index (κ2) is 7.40. The molecular formula is C18H19F2NO2S. The molecule has 0 spiro atoms. The van der Waals surface area contributed by atoms with Crippen LogP contribution in [0.2, 0.25) is 0 Å². The van der Waals surface area contributed by atoms with Crippen LogP contribution in [-0.4, -0.2) is 17.6 Å². The van der Waals surface area contributed by atoms with Crippen molar-refractivity contribution in [1.82, 2.24) is 5.32 Å². The first kappa shape index (κ1) is 17.0. The third-order valence-electron chi connectivity index (χ3n) is 4.25. The van der Waals surface area contributed by atoms with Crippen LogP contribution in [0.15, 0.2) is 24.3 Å². The van der Waals surface area contributed by atoms with E-state index in [2.05, 4.69) is 5.32 Å². The Balaban J connectivity index is 1.61. The predicted molar refractivity (Wildman–Crippen MR) is 89.2 cm³/mol. The van der Waals surface area contributed by atoms with E-state index in [1.54, 1.807) is 0 Å². The summed E-state index contributed by atoms with van der Waals surface area (Å²) >= 11 is 1.51. The molecule has 1 aliphatic rings. The summed E-state index contributed by atoms with van der Waals surface area (Å²) in [5.74, 6) is -2.22. The summed E-state index contributed by atoms with van der Waals surface area (Å²) in [4.78, 5) is 14.2. The van der Waals surface area contributed by atoms with Crippen LogP contribution in [0.1, 0.15) is 51.0 Å². The summed E-state index contributed by atoms with van der Waals surface area (Å²) in [7, 11) is 0. The largest absolute Gasteiger partial charge is 0.387 e. The van der Waals surface area contributed by atoms with Crippen molar-refractivity contribution in [3.8, 4) is 0 Å². The lowest BCUT2D eigenvalue weighted by molar-refractivity contribution is 0.0920. The van der Waals surface area contributed by atoms with Crippen molar-refractivity contribution in [3.05, 3.63) is 56.8 Å². The van der Waals surface area contributed by atoms with Gasteiger partial charge in [0.1, 0.15) is 0 Å². The van der Waals surface area contributed by atoms with Crippen molar-refractivity contribution in [3.63, 3.8) is 0 Å². The highest BCUT2D eigenvalue weighted by Crippen LogP contribution is 2.29. The zero-order chi connectivity index (χ0) is 17.1. The number of rotatable bonds is 4. The fraction of sp³-hybridized carbons (Fsp3) is 0.389. The van der Waals surface area contributed by atoms with Crippen molar-refractivity contribution in [2.24, 2.45) is 0 Å². The third kappa shape index (κ3) is 3.82. The SMILES string of the molecule is O=C(NCC(O)c1ccc(F)c(F)c1)c1cc2c(s1)CCCCC2. The minimum Gasteiger partial charge on any atom is -0.387 e. The van der Waals surface area contributed by atoms with Gasteiger partial charge >= 0.3 is 0 Å². The minimum absolute atomic E-state index is 0.0491. The molecule has 1 aromatic carbocycles. The van der Waals surface area contributed by atoms with Gasteiger partial charge in [0.2, 0.25) is 0 Å². The number of nitrogens with one attached hydrogen (secondary N) is 1. The molecule has 0 saturated heterocycles. The molecule has 6 heteroatoms. The Morgan fingerprint density at radius 2 is 1.96 bits per heavy atom. The number of carbonyl (C=O) groups excluding carboxylic acids is 1. The number of hydrogen-bond donors (Lipinski definition) is 2. The van der Waals surface area contributed by atoms with Gasteiger partial charge in [-0.2, -0.15) is 0 Å². The summed E-state index contributed by atoms with van der Waals surface area (Å²) in [5.41, 5.74) is 1.49. The van der Waals surface area contributed by atoms with Gasteiger partial charge in [0.15, 0.2) is 11.6 Å². The molecule has 0 aliphatic heterocycles. The molecular weight excluding hydrogens is 332 g/mol. The highest BCUT2D eigenvalue weighted by Gasteiger charge is 2.18. The Morgan fingerprint density at radius 3 is 2.75 bits per heavy atom. The first-order chi connectivity index (χ1) is 11.5. The van der Waals surface area contributed by atoms with Crippen LogP contribution in [0.3, 0.4) is 0 Å². The molecule has 2 aromatic rings. The Hall–Kier alpha value is -1.79. The molecule has 1 aliphatic carbocycles. The molecule has 1 heterocycles. The molecule has 24 heavy (non-hydrogen) atoms. The van der Waals surface area contributed by atoms with Crippen LogP contribution in [0.25, 0.3) is 0 Å². The molecule has 3 rings (SSSR count). The molecule has 1 aromatic heterocycles. The number of aliphatic hydroxyl groups excluding tert-OH is 1. The Bertz CT molecular complexity index is 721. The summed E-state index contributed by atoms with van der Waals surface area (Å²) in [6, 6.07) is 5.15. The van der Waals surface area contributed by atoms with Gasteiger partial charge in [-0.15, -0.1) is 11.3 Å². The van der Waals surface area contributed by atoms with Crippen LogP contribution in [0, 0.1) is 11.6 Å². The summed E-state index contributed by atoms with van der Waals surface area (Å²) in [5, 5.41) is 12.7. The monoisotopic (exact) mass is 351 g/mol. The number of aryl methyl sites for hydroxylation is 2. The summed E-state index contributed by atoms with van der Waals surface area (Å²) in [6.07, 6.45) is 4.48. The molecule has 0 radical (unpaired) electrons. The smallest absolute Gasteiger partial charge is 0.261 e. The first-order valence-electron chi connectivity index (χ1n) is 8.07. The zero-order valence-electron chi connectivity index (χ0n) is 13.1. The molecule has 1 atom stereocenters. The quantitative estimate of drug-likeness (QED) is 0.824. The van der Waals surface area contributed by atoms with Gasteiger partial charge < -0.3 is 10.4 Å². The van der Waals surface area contributed by atoms with Gasteiger partial charge in [0.05, 0.1) is 11.0 Å². The van der Waals surface area contributed by atoms with Gasteiger partial charge in [0, 0.05) is 11.4 Å². The van der Waals surface area contributed by atoms with Gasteiger partial charge in [0.25, 0.3) is 5.91 Å². The van der Waals surface area contributed by atoms with Crippen molar-refractivity contribution >= 4 is 17.2 Å². The van der Waals surface area contributed by atoms with Crippen molar-refractivity contribution in [1.29, 1.82) is 0 Å². The highest BCUT2D eigenvalue weighted by molar-refractivity contribution is 7.14. The summed E-state index contributed by atoms with van der Waals surface area (Å²) < 4.78 is 26.1. The lowest BCUT2D eigenvalue weighted by Gasteiger charge is -2.12. The molecule has 3 nitrogen and oxygen atoms in total. The average molecular weight is 351 g/mol. The maximum Gasteiger partial charge on any atom is 0.261 e. The molecule has 0 saturated carbocycles. The van der Waals surface area contributed by atoms with Crippen LogP contribution in [0.5, 0.6) is 0 Å².